The van der Waals surface area contributed by atoms with E-state index in [0.717, 1.165) is 30.8 Å². The van der Waals surface area contributed by atoms with E-state index < -0.39 is 6.04 Å². The Balaban J connectivity index is 2.55. The van der Waals surface area contributed by atoms with Crippen LogP contribution >= 0.6 is 0 Å². The summed E-state index contributed by atoms with van der Waals surface area (Å²) in [6, 6.07) is 7.26. The second kappa shape index (κ2) is 8.02. The van der Waals surface area contributed by atoms with Crippen molar-refractivity contribution in [1.82, 2.24) is 10.2 Å². The summed E-state index contributed by atoms with van der Waals surface area (Å²) in [6.07, 6.45) is 0. The van der Waals surface area contributed by atoms with E-state index in [1.165, 1.54) is 0 Å². The fourth-order valence-electron chi connectivity index (χ4n) is 2.17. The Kier molecular flexibility index (Phi) is 6.68. The summed E-state index contributed by atoms with van der Waals surface area (Å²) in [6.45, 7) is 11.1. The Morgan fingerprint density at radius 2 is 1.80 bits per heavy atom. The van der Waals surface area contributed by atoms with Crippen molar-refractivity contribution in [1.29, 1.82) is 0 Å². The first-order valence-electron chi connectivity index (χ1n) is 7.32. The molecule has 0 aliphatic heterocycles. The Morgan fingerprint density at radius 3 is 2.30 bits per heavy atom. The van der Waals surface area contributed by atoms with Gasteiger partial charge >= 0.3 is 0 Å². The van der Waals surface area contributed by atoms with E-state index in [9.17, 15) is 4.79 Å². The number of aryl methyl sites for hydroxylation is 1. The number of carbonyl (C=O) groups excluding carboxylic acids is 1. The highest BCUT2D eigenvalue weighted by Gasteiger charge is 2.18. The van der Waals surface area contributed by atoms with Gasteiger partial charge in [0.15, 0.2) is 0 Å². The minimum atomic E-state index is -0.602. The zero-order valence-electron chi connectivity index (χ0n) is 13.0. The van der Waals surface area contributed by atoms with Crippen molar-refractivity contribution in [3.63, 3.8) is 0 Å². The summed E-state index contributed by atoms with van der Waals surface area (Å²) in [7, 11) is 0. The molecule has 4 nitrogen and oxygen atoms in total. The fraction of sp³-hybridized carbons (Fsp3) is 0.562. The molecule has 1 aromatic carbocycles. The summed E-state index contributed by atoms with van der Waals surface area (Å²) in [5.74, 6) is -0.117. The van der Waals surface area contributed by atoms with Crippen LogP contribution in [0.1, 0.15) is 37.9 Å². The maximum atomic E-state index is 12.1. The molecule has 0 radical (unpaired) electrons. The molecule has 112 valence electrons. The van der Waals surface area contributed by atoms with E-state index in [0.29, 0.717) is 0 Å². The van der Waals surface area contributed by atoms with Crippen LogP contribution in [-0.2, 0) is 4.79 Å². The van der Waals surface area contributed by atoms with Gasteiger partial charge < -0.3 is 16.0 Å². The third-order valence-corrected chi connectivity index (χ3v) is 3.53. The molecule has 1 aromatic rings. The van der Waals surface area contributed by atoms with E-state index >= 15 is 0 Å². The second-order valence-electron chi connectivity index (χ2n) is 5.28. The maximum Gasteiger partial charge on any atom is 0.241 e. The normalized spacial score (nSPS) is 14.1. The van der Waals surface area contributed by atoms with Crippen LogP contribution in [0.4, 0.5) is 0 Å². The van der Waals surface area contributed by atoms with Crippen molar-refractivity contribution in [2.24, 2.45) is 5.73 Å². The first kappa shape index (κ1) is 16.7. The topological polar surface area (TPSA) is 58.4 Å². The predicted molar refractivity (Wildman–Crippen MR) is 83.5 cm³/mol. The Labute approximate surface area is 122 Å². The van der Waals surface area contributed by atoms with Crippen LogP contribution in [-0.4, -0.2) is 36.5 Å². The summed E-state index contributed by atoms with van der Waals surface area (Å²) >= 11 is 0. The van der Waals surface area contributed by atoms with Crippen LogP contribution in [0.3, 0.4) is 0 Å². The molecule has 3 N–H and O–H groups in total. The third kappa shape index (κ3) is 4.94. The maximum absolute atomic E-state index is 12.1. The lowest BCUT2D eigenvalue weighted by atomic mass is 10.1. The molecule has 0 aromatic heterocycles. The van der Waals surface area contributed by atoms with Gasteiger partial charge in [0.2, 0.25) is 5.91 Å². The van der Waals surface area contributed by atoms with Crippen molar-refractivity contribution in [2.75, 3.05) is 19.6 Å². The van der Waals surface area contributed by atoms with Crippen LogP contribution in [0.2, 0.25) is 0 Å². The number of benzene rings is 1. The third-order valence-electron chi connectivity index (χ3n) is 3.53. The zero-order valence-corrected chi connectivity index (χ0v) is 13.0. The van der Waals surface area contributed by atoms with E-state index in [2.05, 4.69) is 24.1 Å². The number of hydrogen-bond acceptors (Lipinski definition) is 3. The van der Waals surface area contributed by atoms with Gasteiger partial charge in [0, 0.05) is 12.6 Å². The van der Waals surface area contributed by atoms with Crippen LogP contribution in [0.25, 0.3) is 0 Å². The van der Waals surface area contributed by atoms with E-state index in [1.807, 2.05) is 38.1 Å². The fourth-order valence-corrected chi connectivity index (χ4v) is 2.17. The summed E-state index contributed by atoms with van der Waals surface area (Å²) < 4.78 is 0. The first-order chi connectivity index (χ1) is 9.47. The van der Waals surface area contributed by atoms with Gasteiger partial charge in [-0.25, -0.2) is 0 Å². The highest BCUT2D eigenvalue weighted by atomic mass is 16.2. The van der Waals surface area contributed by atoms with Crippen molar-refractivity contribution in [3.05, 3.63) is 35.4 Å². The molecule has 0 fully saturated rings. The molecule has 0 saturated heterocycles. The van der Waals surface area contributed by atoms with Crippen LogP contribution in [0, 0.1) is 6.92 Å². The van der Waals surface area contributed by atoms with E-state index in [4.69, 9.17) is 5.73 Å². The van der Waals surface area contributed by atoms with E-state index in [1.54, 1.807) is 0 Å². The molecule has 1 rings (SSSR count). The molecule has 0 saturated carbocycles. The van der Waals surface area contributed by atoms with Crippen molar-refractivity contribution in [3.8, 4) is 0 Å². The summed E-state index contributed by atoms with van der Waals surface area (Å²) in [4.78, 5) is 14.4. The average Bonchev–Trinajstić information content (AvgIpc) is 2.44. The number of nitrogens with one attached hydrogen (secondary N) is 1. The molecule has 2 unspecified atom stereocenters. The molecule has 0 aliphatic carbocycles. The second-order valence-corrected chi connectivity index (χ2v) is 5.28. The van der Waals surface area contributed by atoms with Gasteiger partial charge in [-0.1, -0.05) is 43.7 Å². The summed E-state index contributed by atoms with van der Waals surface area (Å²) in [5.41, 5.74) is 8.02. The van der Waals surface area contributed by atoms with Gasteiger partial charge in [-0.3, -0.25) is 4.79 Å². The van der Waals surface area contributed by atoms with Crippen LogP contribution < -0.4 is 11.1 Å². The highest BCUT2D eigenvalue weighted by molar-refractivity contribution is 5.83. The summed E-state index contributed by atoms with van der Waals surface area (Å²) in [5, 5.41) is 2.99. The number of amides is 1. The number of nitrogens with two attached hydrogens (primary N) is 1. The largest absolute Gasteiger partial charge is 0.351 e. The van der Waals surface area contributed by atoms with Crippen molar-refractivity contribution in [2.45, 2.75) is 39.8 Å². The lowest BCUT2D eigenvalue weighted by molar-refractivity contribution is -0.123. The smallest absolute Gasteiger partial charge is 0.241 e. The molecule has 0 heterocycles. The molecule has 2 atom stereocenters. The lowest BCUT2D eigenvalue weighted by Gasteiger charge is -2.24. The minimum absolute atomic E-state index is 0.0962. The Hall–Kier alpha value is -1.39. The predicted octanol–water partition coefficient (Wildman–Crippen LogP) is 1.84. The zero-order chi connectivity index (χ0) is 15.1. The van der Waals surface area contributed by atoms with Gasteiger partial charge in [-0.15, -0.1) is 0 Å². The monoisotopic (exact) mass is 277 g/mol. The quantitative estimate of drug-likeness (QED) is 0.799. The molecule has 0 bridgehead atoms. The van der Waals surface area contributed by atoms with Crippen molar-refractivity contribution < 1.29 is 4.79 Å². The van der Waals surface area contributed by atoms with Gasteiger partial charge in [0.1, 0.15) is 6.04 Å². The van der Waals surface area contributed by atoms with Gasteiger partial charge in [-0.05, 0) is 32.5 Å². The first-order valence-corrected chi connectivity index (χ1v) is 7.32. The molecule has 0 spiro atoms. The molecule has 4 heteroatoms. The van der Waals surface area contributed by atoms with Crippen LogP contribution in [0.5, 0.6) is 0 Å². The Bertz CT molecular complexity index is 412. The van der Waals surface area contributed by atoms with Crippen LogP contribution in [0.15, 0.2) is 24.3 Å². The molecular formula is C16H27N3O. The lowest BCUT2D eigenvalue weighted by Crippen LogP contribution is -2.45. The number of hydrogen-bond donors (Lipinski definition) is 2. The van der Waals surface area contributed by atoms with E-state index in [-0.39, 0.29) is 11.9 Å². The standard InChI is InChI=1S/C16H27N3O/c1-5-19(6-2)11-13(4)18-16(20)15(17)14-9-7-12(3)8-10-14/h7-10,13,15H,5-6,11,17H2,1-4H3,(H,18,20). The van der Waals surface area contributed by atoms with Crippen molar-refractivity contribution >= 4 is 5.91 Å². The SMILES string of the molecule is CCN(CC)CC(C)NC(=O)C(N)c1ccc(C)cc1. The molecule has 20 heavy (non-hydrogen) atoms. The highest BCUT2D eigenvalue weighted by Crippen LogP contribution is 2.11. The number of carbonyl (C=O) groups is 1. The molecular weight excluding hydrogens is 250 g/mol. The van der Waals surface area contributed by atoms with Gasteiger partial charge in [0.05, 0.1) is 0 Å². The average molecular weight is 277 g/mol. The van der Waals surface area contributed by atoms with Gasteiger partial charge in [-0.2, -0.15) is 0 Å². The number of likely N-dealkylation sites (N-methyl/N-ethyl adjacent to an activating group) is 1. The number of nitrogens with zero attached hydrogens (tertiary/aromatic N) is 1. The Morgan fingerprint density at radius 1 is 1.25 bits per heavy atom. The minimum Gasteiger partial charge on any atom is -0.351 e. The van der Waals surface area contributed by atoms with Gasteiger partial charge in [0.25, 0.3) is 0 Å². The molecule has 0 aliphatic rings. The number of rotatable bonds is 7. The molecule has 1 amide bonds.